The zero-order valence-electron chi connectivity index (χ0n) is 13.2. The molecule has 0 unspecified atom stereocenters. The molecule has 118 valence electrons. The van der Waals surface area contributed by atoms with Crippen molar-refractivity contribution >= 4 is 6.03 Å². The topological polar surface area (TPSA) is 65.4 Å². The van der Waals surface area contributed by atoms with Crippen molar-refractivity contribution in [3.63, 3.8) is 0 Å². The van der Waals surface area contributed by atoms with Gasteiger partial charge in [0.15, 0.2) is 0 Å². The summed E-state index contributed by atoms with van der Waals surface area (Å²) in [5, 5.41) is 11.8. The molecule has 1 N–H and O–H groups in total. The highest BCUT2D eigenvalue weighted by atomic mass is 16.5. The Morgan fingerprint density at radius 1 is 1.55 bits per heavy atom. The minimum Gasteiger partial charge on any atom is -0.377 e. The summed E-state index contributed by atoms with van der Waals surface area (Å²) in [4.78, 5) is 14.3. The summed E-state index contributed by atoms with van der Waals surface area (Å²) in [7, 11) is 0. The van der Waals surface area contributed by atoms with Crippen molar-refractivity contribution in [2.75, 3.05) is 19.8 Å². The van der Waals surface area contributed by atoms with E-state index < -0.39 is 0 Å². The highest BCUT2D eigenvalue weighted by molar-refractivity contribution is 5.74. The van der Waals surface area contributed by atoms with E-state index in [0.717, 1.165) is 12.0 Å². The first-order valence-electron chi connectivity index (χ1n) is 7.71. The number of hydrogen-bond acceptors (Lipinski definition) is 3. The van der Waals surface area contributed by atoms with E-state index in [2.05, 4.69) is 25.2 Å². The Morgan fingerprint density at radius 3 is 3.09 bits per heavy atom. The highest BCUT2D eigenvalue weighted by Gasteiger charge is 2.27. The number of ether oxygens (including phenoxy) is 1. The van der Waals surface area contributed by atoms with Gasteiger partial charge in [-0.3, -0.25) is 0 Å². The Labute approximate surface area is 131 Å². The molecule has 0 radical (unpaired) electrons. The van der Waals surface area contributed by atoms with Crippen LogP contribution in [0.1, 0.15) is 31.4 Å². The maximum absolute atomic E-state index is 12.4. The van der Waals surface area contributed by atoms with E-state index >= 15 is 0 Å². The molecule has 1 heterocycles. The monoisotopic (exact) mass is 301 g/mol. The molecule has 1 aliphatic heterocycles. The van der Waals surface area contributed by atoms with Crippen LogP contribution in [-0.2, 0) is 11.3 Å². The summed E-state index contributed by atoms with van der Waals surface area (Å²) in [6.45, 7) is 6.55. The van der Waals surface area contributed by atoms with E-state index in [0.29, 0.717) is 37.8 Å². The summed E-state index contributed by atoms with van der Waals surface area (Å²) in [6, 6.07) is 9.48. The predicted octanol–water partition coefficient (Wildman–Crippen LogP) is 2.51. The third-order valence-electron chi connectivity index (χ3n) is 3.73. The van der Waals surface area contributed by atoms with Crippen LogP contribution >= 0.6 is 0 Å². The van der Waals surface area contributed by atoms with E-state index in [4.69, 9.17) is 10.00 Å². The molecular weight excluding hydrogens is 278 g/mol. The Bertz CT molecular complexity index is 551. The second-order valence-electron chi connectivity index (χ2n) is 6.02. The largest absolute Gasteiger partial charge is 0.377 e. The van der Waals surface area contributed by atoms with Crippen molar-refractivity contribution in [2.45, 2.75) is 32.9 Å². The highest BCUT2D eigenvalue weighted by Crippen LogP contribution is 2.16. The molecule has 2 rings (SSSR count). The van der Waals surface area contributed by atoms with Crippen LogP contribution < -0.4 is 5.32 Å². The van der Waals surface area contributed by atoms with Crippen LogP contribution in [0, 0.1) is 17.2 Å². The molecule has 5 nitrogen and oxygen atoms in total. The van der Waals surface area contributed by atoms with E-state index in [1.165, 1.54) is 0 Å². The number of nitrogens with zero attached hydrogens (tertiary/aromatic N) is 2. The van der Waals surface area contributed by atoms with Gasteiger partial charge < -0.3 is 15.0 Å². The number of hydrogen-bond donors (Lipinski definition) is 1. The lowest BCUT2D eigenvalue weighted by atomic mass is 10.0. The SMILES string of the molecule is CC(C)C[C@H]1COCCN1C(=O)NCc1cccc(C#N)c1. The van der Waals surface area contributed by atoms with Gasteiger partial charge in [0.05, 0.1) is 30.9 Å². The second kappa shape index (κ2) is 7.81. The van der Waals surface area contributed by atoms with Gasteiger partial charge in [0, 0.05) is 13.1 Å². The first kappa shape index (κ1) is 16.3. The molecule has 22 heavy (non-hydrogen) atoms. The third-order valence-corrected chi connectivity index (χ3v) is 3.73. The van der Waals surface area contributed by atoms with Gasteiger partial charge in [-0.2, -0.15) is 5.26 Å². The molecule has 0 bridgehead atoms. The molecule has 1 fully saturated rings. The zero-order chi connectivity index (χ0) is 15.9. The van der Waals surface area contributed by atoms with E-state index in [9.17, 15) is 4.79 Å². The lowest BCUT2D eigenvalue weighted by Gasteiger charge is -2.36. The van der Waals surface area contributed by atoms with E-state index in [1.54, 1.807) is 12.1 Å². The number of carbonyl (C=O) groups is 1. The molecule has 1 atom stereocenters. The van der Waals surface area contributed by atoms with Gasteiger partial charge in [-0.15, -0.1) is 0 Å². The van der Waals surface area contributed by atoms with Crippen molar-refractivity contribution in [1.29, 1.82) is 5.26 Å². The van der Waals surface area contributed by atoms with Gasteiger partial charge in [0.2, 0.25) is 0 Å². The Morgan fingerprint density at radius 2 is 2.36 bits per heavy atom. The van der Waals surface area contributed by atoms with Crippen LogP contribution in [0.5, 0.6) is 0 Å². The van der Waals surface area contributed by atoms with Gasteiger partial charge in [-0.25, -0.2) is 4.79 Å². The van der Waals surface area contributed by atoms with Crippen LogP contribution in [0.4, 0.5) is 4.79 Å². The first-order valence-corrected chi connectivity index (χ1v) is 7.71. The zero-order valence-corrected chi connectivity index (χ0v) is 13.2. The summed E-state index contributed by atoms with van der Waals surface area (Å²) in [6.07, 6.45) is 0.942. The Hall–Kier alpha value is -2.06. The number of carbonyl (C=O) groups excluding carboxylic acids is 1. The number of nitriles is 1. The number of amides is 2. The number of morpholine rings is 1. The average molecular weight is 301 g/mol. The van der Waals surface area contributed by atoms with Gasteiger partial charge >= 0.3 is 6.03 Å². The van der Waals surface area contributed by atoms with Gasteiger partial charge in [-0.05, 0) is 30.0 Å². The summed E-state index contributed by atoms with van der Waals surface area (Å²) < 4.78 is 5.50. The minimum absolute atomic E-state index is 0.0590. The smallest absolute Gasteiger partial charge is 0.318 e. The van der Waals surface area contributed by atoms with Crippen LogP contribution in [0.3, 0.4) is 0 Å². The number of urea groups is 1. The van der Waals surface area contributed by atoms with Crippen LogP contribution in [0.25, 0.3) is 0 Å². The third kappa shape index (κ3) is 4.47. The molecule has 1 aromatic carbocycles. The van der Waals surface area contributed by atoms with Crippen molar-refractivity contribution in [3.05, 3.63) is 35.4 Å². The molecular formula is C17H23N3O2. The molecule has 1 aromatic rings. The second-order valence-corrected chi connectivity index (χ2v) is 6.02. The van der Waals surface area contributed by atoms with Crippen molar-refractivity contribution in [1.82, 2.24) is 10.2 Å². The fourth-order valence-corrected chi connectivity index (χ4v) is 2.69. The molecule has 0 spiro atoms. The number of rotatable bonds is 4. The van der Waals surface area contributed by atoms with Crippen LogP contribution in [0.15, 0.2) is 24.3 Å². The fourth-order valence-electron chi connectivity index (χ4n) is 2.69. The number of nitrogens with one attached hydrogen (secondary N) is 1. The molecule has 0 aromatic heterocycles. The molecule has 1 aliphatic rings. The molecule has 1 saturated heterocycles. The predicted molar refractivity (Wildman–Crippen MR) is 84.2 cm³/mol. The van der Waals surface area contributed by atoms with E-state index in [1.807, 2.05) is 17.0 Å². The standard InChI is InChI=1S/C17H23N3O2/c1-13(2)8-16-12-22-7-6-20(16)17(21)19-11-15-5-3-4-14(9-15)10-18/h3-5,9,13,16H,6-8,11-12H2,1-2H3,(H,19,21)/t16-/m0/s1. The van der Waals surface area contributed by atoms with Crippen molar-refractivity contribution in [3.8, 4) is 6.07 Å². The summed E-state index contributed by atoms with van der Waals surface area (Å²) in [5.74, 6) is 0.523. The lowest BCUT2D eigenvalue weighted by Crippen LogP contribution is -2.52. The van der Waals surface area contributed by atoms with Crippen molar-refractivity contribution < 1.29 is 9.53 Å². The lowest BCUT2D eigenvalue weighted by molar-refractivity contribution is 0.00551. The number of benzene rings is 1. The average Bonchev–Trinajstić information content (AvgIpc) is 2.53. The van der Waals surface area contributed by atoms with Crippen molar-refractivity contribution in [2.24, 2.45) is 5.92 Å². The van der Waals surface area contributed by atoms with Gasteiger partial charge in [0.25, 0.3) is 0 Å². The quantitative estimate of drug-likeness (QED) is 0.929. The summed E-state index contributed by atoms with van der Waals surface area (Å²) in [5.41, 5.74) is 1.54. The Balaban J connectivity index is 1.93. The molecule has 5 heteroatoms. The van der Waals surface area contributed by atoms with Crippen LogP contribution in [-0.4, -0.2) is 36.7 Å². The van der Waals surface area contributed by atoms with Gasteiger partial charge in [-0.1, -0.05) is 26.0 Å². The van der Waals surface area contributed by atoms with Gasteiger partial charge in [0.1, 0.15) is 0 Å². The van der Waals surface area contributed by atoms with E-state index in [-0.39, 0.29) is 12.1 Å². The Kier molecular flexibility index (Phi) is 5.79. The maximum Gasteiger partial charge on any atom is 0.318 e. The molecule has 2 amide bonds. The van der Waals surface area contributed by atoms with Crippen LogP contribution in [0.2, 0.25) is 0 Å². The summed E-state index contributed by atoms with van der Waals surface area (Å²) >= 11 is 0. The maximum atomic E-state index is 12.4. The normalized spacial score (nSPS) is 18.1. The first-order chi connectivity index (χ1) is 10.6. The molecule has 0 saturated carbocycles. The molecule has 0 aliphatic carbocycles. The fraction of sp³-hybridized carbons (Fsp3) is 0.529. The minimum atomic E-state index is -0.0590.